The molecule has 0 radical (unpaired) electrons. The Hall–Kier alpha value is -2.57. The first kappa shape index (κ1) is 13.9. The summed E-state index contributed by atoms with van der Waals surface area (Å²) in [6.45, 7) is 1.24. The number of para-hydroxylation sites is 1. The molecule has 1 atom stereocenters. The van der Waals surface area contributed by atoms with Crippen LogP contribution < -0.4 is 10.1 Å². The van der Waals surface area contributed by atoms with Crippen LogP contribution in [-0.4, -0.2) is 47.5 Å². The van der Waals surface area contributed by atoms with Gasteiger partial charge in [0.05, 0.1) is 11.3 Å². The van der Waals surface area contributed by atoms with Crippen LogP contribution in [0.15, 0.2) is 18.2 Å². The minimum atomic E-state index is -1.10. The smallest absolute Gasteiger partial charge is 0.326 e. The maximum absolute atomic E-state index is 12.3. The van der Waals surface area contributed by atoms with Gasteiger partial charge in [-0.05, 0) is 19.1 Å². The number of carboxylic acids is 1. The highest BCUT2D eigenvalue weighted by atomic mass is 16.5. The Labute approximate surface area is 115 Å². The fourth-order valence-corrected chi connectivity index (χ4v) is 1.81. The number of carbonyl (C=O) groups is 3. The van der Waals surface area contributed by atoms with Crippen LogP contribution in [0.2, 0.25) is 0 Å². The number of nitrogens with one attached hydrogen (secondary N) is 1. The summed E-state index contributed by atoms with van der Waals surface area (Å²) in [5.41, 5.74) is 0.626. The Morgan fingerprint density at radius 3 is 2.80 bits per heavy atom. The van der Waals surface area contributed by atoms with E-state index in [1.165, 1.54) is 20.0 Å². The Kier molecular flexibility index (Phi) is 3.60. The van der Waals surface area contributed by atoms with E-state index in [1.807, 2.05) is 0 Å². The Balaban J connectivity index is 2.34. The van der Waals surface area contributed by atoms with Gasteiger partial charge in [-0.2, -0.15) is 0 Å². The molecule has 2 N–H and O–H groups in total. The number of hydrogen-bond acceptors (Lipinski definition) is 4. The van der Waals surface area contributed by atoms with Gasteiger partial charge in [0.2, 0.25) is 0 Å². The van der Waals surface area contributed by atoms with Crippen molar-refractivity contribution in [2.45, 2.75) is 13.0 Å². The number of likely N-dealkylation sites (N-methyl/N-ethyl adjacent to an activating group) is 1. The lowest BCUT2D eigenvalue weighted by Crippen LogP contribution is -2.40. The standard InChI is InChI=1S/C13H14N2O5/c1-7(13(18)19)15(2)12(17)8-4-3-5-9-11(8)20-6-10(16)14-9/h3-5,7H,6H2,1-2H3,(H,14,16)(H,18,19)/t7-/m0/s1. The van der Waals surface area contributed by atoms with E-state index in [0.717, 1.165) is 4.90 Å². The third-order valence-corrected chi connectivity index (χ3v) is 3.13. The molecule has 1 aliphatic heterocycles. The molecule has 1 heterocycles. The zero-order valence-electron chi connectivity index (χ0n) is 11.0. The zero-order valence-corrected chi connectivity index (χ0v) is 11.0. The fraction of sp³-hybridized carbons (Fsp3) is 0.308. The molecule has 0 saturated carbocycles. The summed E-state index contributed by atoms with van der Waals surface area (Å²) in [6.07, 6.45) is 0. The van der Waals surface area contributed by atoms with E-state index in [9.17, 15) is 14.4 Å². The lowest BCUT2D eigenvalue weighted by atomic mass is 10.1. The largest absolute Gasteiger partial charge is 0.481 e. The summed E-state index contributed by atoms with van der Waals surface area (Å²) >= 11 is 0. The van der Waals surface area contributed by atoms with E-state index in [2.05, 4.69) is 5.32 Å². The van der Waals surface area contributed by atoms with Crippen LogP contribution in [-0.2, 0) is 9.59 Å². The van der Waals surface area contributed by atoms with Crippen LogP contribution in [0.3, 0.4) is 0 Å². The van der Waals surface area contributed by atoms with Gasteiger partial charge in [0.25, 0.3) is 11.8 Å². The minimum Gasteiger partial charge on any atom is -0.481 e. The van der Waals surface area contributed by atoms with Gasteiger partial charge in [-0.15, -0.1) is 0 Å². The number of amides is 2. The summed E-state index contributed by atoms with van der Waals surface area (Å²) in [4.78, 5) is 35.6. The molecule has 1 aromatic carbocycles. The first-order valence-corrected chi connectivity index (χ1v) is 5.97. The van der Waals surface area contributed by atoms with Crippen molar-refractivity contribution in [2.24, 2.45) is 0 Å². The van der Waals surface area contributed by atoms with E-state index in [4.69, 9.17) is 9.84 Å². The minimum absolute atomic E-state index is 0.171. The molecule has 0 bridgehead atoms. The molecular formula is C13H14N2O5. The van der Waals surface area contributed by atoms with Crippen LogP contribution in [0.5, 0.6) is 5.75 Å². The van der Waals surface area contributed by atoms with Crippen molar-refractivity contribution in [2.75, 3.05) is 19.0 Å². The number of rotatable bonds is 3. The molecule has 0 fully saturated rings. The normalized spacial score (nSPS) is 14.6. The molecule has 1 aromatic rings. The molecule has 7 nitrogen and oxygen atoms in total. The molecule has 1 aliphatic rings. The van der Waals surface area contributed by atoms with Gasteiger partial charge >= 0.3 is 5.97 Å². The maximum atomic E-state index is 12.3. The molecular weight excluding hydrogens is 264 g/mol. The van der Waals surface area contributed by atoms with Crippen LogP contribution in [0, 0.1) is 0 Å². The van der Waals surface area contributed by atoms with Crippen molar-refractivity contribution >= 4 is 23.5 Å². The highest BCUT2D eigenvalue weighted by Gasteiger charge is 2.28. The van der Waals surface area contributed by atoms with Gasteiger partial charge in [-0.1, -0.05) is 6.07 Å². The van der Waals surface area contributed by atoms with E-state index in [0.29, 0.717) is 5.69 Å². The highest BCUT2D eigenvalue weighted by Crippen LogP contribution is 2.32. The van der Waals surface area contributed by atoms with E-state index in [-0.39, 0.29) is 23.8 Å². The fourth-order valence-electron chi connectivity index (χ4n) is 1.81. The second-order valence-electron chi connectivity index (χ2n) is 4.45. The van der Waals surface area contributed by atoms with Gasteiger partial charge in [0.1, 0.15) is 6.04 Å². The molecule has 0 unspecified atom stereocenters. The zero-order chi connectivity index (χ0) is 14.9. The number of carboxylic acid groups (broad SMARTS) is 1. The number of fused-ring (bicyclic) bond motifs is 1. The second-order valence-corrected chi connectivity index (χ2v) is 4.45. The van der Waals surface area contributed by atoms with Crippen molar-refractivity contribution in [3.63, 3.8) is 0 Å². The number of anilines is 1. The van der Waals surface area contributed by atoms with Crippen molar-refractivity contribution in [3.05, 3.63) is 23.8 Å². The summed E-state index contributed by atoms with van der Waals surface area (Å²) < 4.78 is 5.27. The van der Waals surface area contributed by atoms with Gasteiger partial charge < -0.3 is 20.1 Å². The monoisotopic (exact) mass is 278 g/mol. The Morgan fingerprint density at radius 2 is 2.15 bits per heavy atom. The predicted molar refractivity (Wildman–Crippen MR) is 69.8 cm³/mol. The van der Waals surface area contributed by atoms with E-state index in [1.54, 1.807) is 12.1 Å². The van der Waals surface area contributed by atoms with Crippen molar-refractivity contribution < 1.29 is 24.2 Å². The highest BCUT2D eigenvalue weighted by molar-refractivity contribution is 6.03. The van der Waals surface area contributed by atoms with Crippen LogP contribution in [0.4, 0.5) is 5.69 Å². The van der Waals surface area contributed by atoms with Crippen LogP contribution >= 0.6 is 0 Å². The molecule has 2 amide bonds. The van der Waals surface area contributed by atoms with Crippen molar-refractivity contribution in [1.29, 1.82) is 0 Å². The second kappa shape index (κ2) is 5.20. The van der Waals surface area contributed by atoms with Gasteiger partial charge in [0.15, 0.2) is 12.4 Å². The molecule has 106 valence electrons. The molecule has 2 rings (SSSR count). The first-order valence-electron chi connectivity index (χ1n) is 5.97. The SMILES string of the molecule is C[C@@H](C(=O)O)N(C)C(=O)c1cccc2c1OCC(=O)N2. The van der Waals surface area contributed by atoms with E-state index >= 15 is 0 Å². The number of carbonyl (C=O) groups excluding carboxylic acids is 2. The predicted octanol–water partition coefficient (Wildman–Crippen LogP) is 0.563. The average Bonchev–Trinajstić information content (AvgIpc) is 2.43. The van der Waals surface area contributed by atoms with Gasteiger partial charge in [0, 0.05) is 7.05 Å². The van der Waals surface area contributed by atoms with E-state index < -0.39 is 17.9 Å². The van der Waals surface area contributed by atoms with Crippen molar-refractivity contribution in [3.8, 4) is 5.75 Å². The average molecular weight is 278 g/mol. The van der Waals surface area contributed by atoms with Crippen LogP contribution in [0.25, 0.3) is 0 Å². The molecule has 20 heavy (non-hydrogen) atoms. The number of nitrogens with zero attached hydrogens (tertiary/aromatic N) is 1. The molecule has 0 saturated heterocycles. The number of aliphatic carboxylic acids is 1. The van der Waals surface area contributed by atoms with Crippen molar-refractivity contribution in [1.82, 2.24) is 4.90 Å². The number of hydrogen-bond donors (Lipinski definition) is 2. The maximum Gasteiger partial charge on any atom is 0.326 e. The first-order chi connectivity index (χ1) is 9.41. The summed E-state index contributed by atoms with van der Waals surface area (Å²) in [5, 5.41) is 11.5. The topological polar surface area (TPSA) is 95.9 Å². The van der Waals surface area contributed by atoms with Gasteiger partial charge in [-0.25, -0.2) is 4.79 Å². The third kappa shape index (κ3) is 2.42. The summed E-state index contributed by atoms with van der Waals surface area (Å²) in [6, 6.07) is 3.78. The number of ether oxygens (including phenoxy) is 1. The molecule has 0 spiro atoms. The molecule has 0 aliphatic carbocycles. The Morgan fingerprint density at radius 1 is 1.45 bits per heavy atom. The molecule has 7 heteroatoms. The summed E-state index contributed by atoms with van der Waals surface area (Å²) in [5.74, 6) is -1.61. The lowest BCUT2D eigenvalue weighted by Gasteiger charge is -2.25. The Bertz CT molecular complexity index is 584. The third-order valence-electron chi connectivity index (χ3n) is 3.13. The lowest BCUT2D eigenvalue weighted by molar-refractivity contribution is -0.141. The quantitative estimate of drug-likeness (QED) is 0.842. The molecule has 0 aromatic heterocycles. The van der Waals surface area contributed by atoms with Gasteiger partial charge in [-0.3, -0.25) is 9.59 Å². The van der Waals surface area contributed by atoms with Crippen LogP contribution in [0.1, 0.15) is 17.3 Å². The number of benzene rings is 1. The summed E-state index contributed by atoms with van der Waals surface area (Å²) in [7, 11) is 1.40.